The maximum atomic E-state index is 14.8. The number of anilines is 3. The number of allylic oxidation sites excluding steroid dienone is 5. The van der Waals surface area contributed by atoms with E-state index in [-0.39, 0.29) is 52.0 Å². The smallest absolute Gasteiger partial charge is 0.343 e. The zero-order chi connectivity index (χ0) is 41.0. The molecule has 5 aromatic carbocycles. The predicted molar refractivity (Wildman–Crippen MR) is 227 cm³/mol. The molecule has 0 spiro atoms. The number of benzene rings is 5. The third-order valence-electron chi connectivity index (χ3n) is 9.49. The number of carbonyl (C=O) groups excluding carboxylic acids is 4. The average molecular weight is 775 g/mol. The molecule has 1 aliphatic heterocycles. The molecule has 0 unspecified atom stereocenters. The van der Waals surface area contributed by atoms with Crippen LogP contribution >= 0.6 is 0 Å². The van der Waals surface area contributed by atoms with E-state index >= 15 is 0 Å². The molecule has 0 bridgehead atoms. The molecule has 1 N–H and O–H groups in total. The zero-order valence-electron chi connectivity index (χ0n) is 33.1. The molecule has 0 aliphatic carbocycles. The van der Waals surface area contributed by atoms with Crippen LogP contribution in [0.5, 0.6) is 17.2 Å². The van der Waals surface area contributed by atoms with Crippen molar-refractivity contribution in [2.45, 2.75) is 53.4 Å². The van der Waals surface area contributed by atoms with Crippen molar-refractivity contribution in [1.29, 1.82) is 0 Å². The molecule has 1 heterocycles. The number of amides is 1. The van der Waals surface area contributed by atoms with Crippen molar-refractivity contribution in [2.75, 3.05) is 16.8 Å². The summed E-state index contributed by atoms with van der Waals surface area (Å²) < 4.78 is 17.8. The molecule has 6 rings (SSSR count). The van der Waals surface area contributed by atoms with E-state index in [1.165, 1.54) is 22.1 Å². The Kier molecular flexibility index (Phi) is 13.5. The molecule has 58 heavy (non-hydrogen) atoms. The fourth-order valence-electron chi connectivity index (χ4n) is 6.33. The first kappa shape index (κ1) is 40.7. The van der Waals surface area contributed by atoms with Crippen LogP contribution in [0.4, 0.5) is 17.1 Å². The minimum Gasteiger partial charge on any atom is -0.423 e. The topological polar surface area (TPSA) is 111 Å². The van der Waals surface area contributed by atoms with Gasteiger partial charge in [0.2, 0.25) is 0 Å². The Morgan fingerprint density at radius 1 is 0.569 bits per heavy atom. The molecular formula is C49H46N2O7. The Morgan fingerprint density at radius 3 is 1.66 bits per heavy atom. The van der Waals surface area contributed by atoms with E-state index in [4.69, 9.17) is 14.2 Å². The van der Waals surface area contributed by atoms with E-state index in [0.29, 0.717) is 11.1 Å². The lowest BCUT2D eigenvalue weighted by Crippen LogP contribution is -2.31. The van der Waals surface area contributed by atoms with Gasteiger partial charge in [0, 0.05) is 18.7 Å². The standard InChI is InChI=1S/C49H46N2O7/c1-33(2)17-14-18-34(3)19-15-20-35(4)29-30-51-41-31-39(56-47(53)36-21-8-5-9-22-36)32-43(58-49(55)38-25-12-7-13-26-38)45(41)50-44-40(46(51)52)27-16-28-42(44)57-48(54)37-23-10-6-11-24-37/h5-13,16-17,19,21-29,31-32,50H,14-15,18,20,30H2,1-4H3. The van der Waals surface area contributed by atoms with Gasteiger partial charge in [-0.1, -0.05) is 95.6 Å². The Morgan fingerprint density at radius 2 is 1.09 bits per heavy atom. The Balaban J connectivity index is 1.42. The van der Waals surface area contributed by atoms with Crippen molar-refractivity contribution < 1.29 is 33.4 Å². The van der Waals surface area contributed by atoms with Crippen LogP contribution < -0.4 is 24.4 Å². The Bertz CT molecular complexity index is 2380. The van der Waals surface area contributed by atoms with E-state index in [1.54, 1.807) is 115 Å². The van der Waals surface area contributed by atoms with Crippen LogP contribution in [-0.4, -0.2) is 30.4 Å². The van der Waals surface area contributed by atoms with Crippen molar-refractivity contribution in [3.63, 3.8) is 0 Å². The third kappa shape index (κ3) is 10.4. The second-order valence-electron chi connectivity index (χ2n) is 14.3. The van der Waals surface area contributed by atoms with Gasteiger partial charge >= 0.3 is 17.9 Å². The van der Waals surface area contributed by atoms with Gasteiger partial charge in [-0.05, 0) is 102 Å². The number of nitrogens with zero attached hydrogens (tertiary/aromatic N) is 1. The van der Waals surface area contributed by atoms with Crippen LogP contribution in [0, 0.1) is 0 Å². The number of nitrogens with one attached hydrogen (secondary N) is 1. The van der Waals surface area contributed by atoms with Crippen LogP contribution in [0.1, 0.15) is 94.8 Å². The Labute approximate surface area is 339 Å². The van der Waals surface area contributed by atoms with Crippen LogP contribution in [0.3, 0.4) is 0 Å². The van der Waals surface area contributed by atoms with E-state index in [2.05, 4.69) is 38.2 Å². The van der Waals surface area contributed by atoms with Gasteiger partial charge in [-0.25, -0.2) is 14.4 Å². The lowest BCUT2D eigenvalue weighted by Gasteiger charge is -2.24. The van der Waals surface area contributed by atoms with Crippen LogP contribution in [0.2, 0.25) is 0 Å². The van der Waals surface area contributed by atoms with Crippen molar-refractivity contribution in [3.8, 4) is 17.2 Å². The molecule has 0 saturated heterocycles. The fourth-order valence-corrected chi connectivity index (χ4v) is 6.33. The quantitative estimate of drug-likeness (QED) is 0.0674. The number of rotatable bonds is 14. The van der Waals surface area contributed by atoms with Gasteiger partial charge in [0.15, 0.2) is 11.5 Å². The number of hydrogen-bond donors (Lipinski definition) is 1. The van der Waals surface area contributed by atoms with Crippen molar-refractivity contribution in [1.82, 2.24) is 0 Å². The number of ether oxygens (including phenoxy) is 3. The number of hydrogen-bond acceptors (Lipinski definition) is 8. The van der Waals surface area contributed by atoms with Crippen molar-refractivity contribution in [3.05, 3.63) is 179 Å². The lowest BCUT2D eigenvalue weighted by atomic mass is 10.1. The largest absolute Gasteiger partial charge is 0.423 e. The van der Waals surface area contributed by atoms with Gasteiger partial charge < -0.3 is 24.4 Å². The molecule has 0 saturated carbocycles. The maximum Gasteiger partial charge on any atom is 0.343 e. The average Bonchev–Trinajstić information content (AvgIpc) is 3.34. The summed E-state index contributed by atoms with van der Waals surface area (Å²) in [5.74, 6) is -2.26. The molecule has 0 atom stereocenters. The van der Waals surface area contributed by atoms with Crippen LogP contribution in [-0.2, 0) is 0 Å². The third-order valence-corrected chi connectivity index (χ3v) is 9.49. The molecule has 0 fully saturated rings. The van der Waals surface area contributed by atoms with Gasteiger partial charge in [-0.15, -0.1) is 0 Å². The van der Waals surface area contributed by atoms with E-state index in [0.717, 1.165) is 31.3 Å². The first-order valence-corrected chi connectivity index (χ1v) is 19.2. The number of fused-ring (bicyclic) bond motifs is 2. The minimum atomic E-state index is -0.679. The lowest BCUT2D eigenvalue weighted by molar-refractivity contribution is 0.0722. The van der Waals surface area contributed by atoms with Gasteiger partial charge in [0.05, 0.1) is 33.6 Å². The maximum absolute atomic E-state index is 14.8. The summed E-state index contributed by atoms with van der Waals surface area (Å²) >= 11 is 0. The Hall–Kier alpha value is -7.00. The normalized spacial score (nSPS) is 12.3. The monoisotopic (exact) mass is 774 g/mol. The molecular weight excluding hydrogens is 729 g/mol. The summed E-state index contributed by atoms with van der Waals surface area (Å²) in [6.45, 7) is 8.49. The highest BCUT2D eigenvalue weighted by Gasteiger charge is 2.32. The predicted octanol–water partition coefficient (Wildman–Crippen LogP) is 11.5. The van der Waals surface area contributed by atoms with E-state index in [1.807, 2.05) is 13.0 Å². The minimum absolute atomic E-state index is 0.0218. The second kappa shape index (κ2) is 19.2. The molecule has 1 aliphatic rings. The number of para-hydroxylation sites is 1. The summed E-state index contributed by atoms with van der Waals surface area (Å²) in [6.07, 6.45) is 10.1. The summed E-state index contributed by atoms with van der Waals surface area (Å²) in [5.41, 5.74) is 5.50. The summed E-state index contributed by atoms with van der Waals surface area (Å²) in [5, 5.41) is 3.29. The zero-order valence-corrected chi connectivity index (χ0v) is 33.1. The summed E-state index contributed by atoms with van der Waals surface area (Å²) in [7, 11) is 0. The fraction of sp³-hybridized carbons (Fsp3) is 0.184. The van der Waals surface area contributed by atoms with Crippen LogP contribution in [0.25, 0.3) is 0 Å². The van der Waals surface area contributed by atoms with Crippen molar-refractivity contribution in [2.24, 2.45) is 0 Å². The van der Waals surface area contributed by atoms with E-state index in [9.17, 15) is 19.2 Å². The highest BCUT2D eigenvalue weighted by Crippen LogP contribution is 2.47. The van der Waals surface area contributed by atoms with Gasteiger partial charge in [-0.2, -0.15) is 0 Å². The number of carbonyl (C=O) groups is 4. The summed E-state index contributed by atoms with van der Waals surface area (Å²) in [4.78, 5) is 56.6. The molecule has 5 aromatic rings. The summed E-state index contributed by atoms with van der Waals surface area (Å²) in [6, 6.07) is 33.3. The van der Waals surface area contributed by atoms with Crippen molar-refractivity contribution >= 4 is 40.9 Å². The SMILES string of the molecule is CC(C)=CCCC(C)=CCCC(C)=CCN1C(=O)c2cccc(OC(=O)c3ccccc3)c2Nc2c(OC(=O)c3ccccc3)cc(OC(=O)c3ccccc3)cc21. The highest BCUT2D eigenvalue weighted by molar-refractivity contribution is 6.16. The molecule has 1 amide bonds. The molecule has 294 valence electrons. The van der Waals surface area contributed by atoms with Gasteiger partial charge in [0.25, 0.3) is 5.91 Å². The molecule has 9 nitrogen and oxygen atoms in total. The first-order chi connectivity index (χ1) is 28.1. The molecule has 0 radical (unpaired) electrons. The highest BCUT2D eigenvalue weighted by atomic mass is 16.5. The molecule has 9 heteroatoms. The molecule has 0 aromatic heterocycles. The van der Waals surface area contributed by atoms with E-state index < -0.39 is 23.8 Å². The van der Waals surface area contributed by atoms with Gasteiger partial charge in [0.1, 0.15) is 11.4 Å². The van der Waals surface area contributed by atoms with Gasteiger partial charge in [-0.3, -0.25) is 4.79 Å². The second-order valence-corrected chi connectivity index (χ2v) is 14.3. The first-order valence-electron chi connectivity index (χ1n) is 19.2. The number of esters is 3. The van der Waals surface area contributed by atoms with Crippen LogP contribution in [0.15, 0.2) is 156 Å².